The van der Waals surface area contributed by atoms with Gasteiger partial charge in [-0.25, -0.2) is 9.67 Å². The van der Waals surface area contributed by atoms with Crippen molar-refractivity contribution in [1.82, 2.24) is 14.8 Å². The Morgan fingerprint density at radius 2 is 1.96 bits per heavy atom. The van der Waals surface area contributed by atoms with Crippen LogP contribution >= 0.6 is 23.2 Å². The van der Waals surface area contributed by atoms with Crippen LogP contribution in [-0.2, 0) is 6.42 Å². The third kappa shape index (κ3) is 6.48. The molecular formula is C21H31Cl2N3O. The molecular weight excluding hydrogens is 381 g/mol. The van der Waals surface area contributed by atoms with Gasteiger partial charge in [0, 0.05) is 10.0 Å². The third-order valence-electron chi connectivity index (χ3n) is 5.09. The summed E-state index contributed by atoms with van der Waals surface area (Å²) in [5.74, 6) is 0.384. The summed E-state index contributed by atoms with van der Waals surface area (Å²) < 4.78 is 1.80. The van der Waals surface area contributed by atoms with Gasteiger partial charge < -0.3 is 5.11 Å². The third-order valence-corrected chi connectivity index (χ3v) is 5.68. The lowest BCUT2D eigenvalue weighted by molar-refractivity contribution is 0.00300. The molecule has 0 aliphatic carbocycles. The number of aliphatic hydroxyl groups is 1. The molecule has 0 saturated heterocycles. The zero-order chi connectivity index (χ0) is 20.0. The van der Waals surface area contributed by atoms with Crippen LogP contribution in [-0.4, -0.2) is 26.0 Å². The standard InChI is InChI=1S/C21H31Cl2N3O/c1-5-6-7-15(10-16-8-9-17(22)12-18(16)23)11-19(20(27)21(2,3)4)26-14-24-13-25-26/h8-9,12-15,19-20,27H,5-7,10-11H2,1-4H3. The van der Waals surface area contributed by atoms with Crippen molar-refractivity contribution in [3.63, 3.8) is 0 Å². The second-order valence-corrected chi connectivity index (χ2v) is 9.28. The Kier molecular flexibility index (Phi) is 8.14. The molecule has 27 heavy (non-hydrogen) atoms. The number of aliphatic hydroxyl groups excluding tert-OH is 1. The van der Waals surface area contributed by atoms with Crippen LogP contribution in [0.1, 0.15) is 65.0 Å². The SMILES string of the molecule is CCCCC(Cc1ccc(Cl)cc1Cl)CC(C(O)C(C)(C)C)n1cncn1. The molecule has 2 aromatic rings. The summed E-state index contributed by atoms with van der Waals surface area (Å²) in [4.78, 5) is 4.09. The van der Waals surface area contributed by atoms with E-state index < -0.39 is 6.10 Å². The topological polar surface area (TPSA) is 50.9 Å². The van der Waals surface area contributed by atoms with Crippen LogP contribution < -0.4 is 0 Å². The minimum atomic E-state index is -0.524. The van der Waals surface area contributed by atoms with Gasteiger partial charge in [-0.15, -0.1) is 0 Å². The maximum Gasteiger partial charge on any atom is 0.137 e. The fraction of sp³-hybridized carbons (Fsp3) is 0.619. The van der Waals surface area contributed by atoms with Crippen LogP contribution in [0.5, 0.6) is 0 Å². The Hall–Kier alpha value is -1.10. The highest BCUT2D eigenvalue weighted by Gasteiger charge is 2.34. The number of benzene rings is 1. The molecule has 6 heteroatoms. The van der Waals surface area contributed by atoms with Crippen LogP contribution in [0.25, 0.3) is 0 Å². The van der Waals surface area contributed by atoms with Gasteiger partial charge in [-0.05, 0) is 41.9 Å². The molecule has 0 amide bonds. The first kappa shape index (κ1) is 22.2. The first-order chi connectivity index (χ1) is 12.7. The van der Waals surface area contributed by atoms with E-state index in [4.69, 9.17) is 23.2 Å². The Morgan fingerprint density at radius 1 is 1.22 bits per heavy atom. The normalized spacial score (nSPS) is 15.5. The van der Waals surface area contributed by atoms with Gasteiger partial charge >= 0.3 is 0 Å². The van der Waals surface area contributed by atoms with Gasteiger partial charge in [-0.2, -0.15) is 5.10 Å². The van der Waals surface area contributed by atoms with Crippen molar-refractivity contribution in [2.45, 2.75) is 71.9 Å². The van der Waals surface area contributed by atoms with E-state index in [1.54, 1.807) is 17.1 Å². The summed E-state index contributed by atoms with van der Waals surface area (Å²) in [5, 5.41) is 16.7. The molecule has 0 aliphatic rings. The highest BCUT2D eigenvalue weighted by Crippen LogP contribution is 2.35. The molecule has 1 aromatic heterocycles. The maximum atomic E-state index is 11.0. The number of hydrogen-bond acceptors (Lipinski definition) is 3. The number of hydrogen-bond donors (Lipinski definition) is 1. The lowest BCUT2D eigenvalue weighted by Gasteiger charge is -2.35. The van der Waals surface area contributed by atoms with Gasteiger partial charge in [-0.3, -0.25) is 0 Å². The summed E-state index contributed by atoms with van der Waals surface area (Å²) >= 11 is 12.5. The molecule has 0 radical (unpaired) electrons. The molecule has 1 heterocycles. The van der Waals surface area contributed by atoms with E-state index >= 15 is 0 Å². The lowest BCUT2D eigenvalue weighted by Crippen LogP contribution is -2.37. The quantitative estimate of drug-likeness (QED) is 0.552. The molecule has 4 nitrogen and oxygen atoms in total. The van der Waals surface area contributed by atoms with E-state index in [0.717, 1.165) is 37.7 Å². The van der Waals surface area contributed by atoms with E-state index in [2.05, 4.69) is 37.8 Å². The number of halogens is 2. The number of rotatable bonds is 9. The largest absolute Gasteiger partial charge is 0.390 e. The Balaban J connectivity index is 2.24. The molecule has 0 bridgehead atoms. The van der Waals surface area contributed by atoms with Crippen molar-refractivity contribution in [2.75, 3.05) is 0 Å². The molecule has 2 rings (SSSR count). The van der Waals surface area contributed by atoms with Crippen molar-refractivity contribution < 1.29 is 5.11 Å². The minimum absolute atomic E-state index is 0.125. The first-order valence-corrected chi connectivity index (χ1v) is 10.4. The predicted octanol–water partition coefficient (Wildman–Crippen LogP) is 5.97. The van der Waals surface area contributed by atoms with E-state index in [1.807, 2.05) is 12.1 Å². The number of aromatic nitrogens is 3. The van der Waals surface area contributed by atoms with E-state index in [1.165, 1.54) is 6.33 Å². The minimum Gasteiger partial charge on any atom is -0.390 e. The second kappa shape index (κ2) is 9.90. The van der Waals surface area contributed by atoms with Gasteiger partial charge in [0.15, 0.2) is 0 Å². The van der Waals surface area contributed by atoms with Crippen molar-refractivity contribution >= 4 is 23.2 Å². The van der Waals surface area contributed by atoms with Crippen LogP contribution in [0, 0.1) is 11.3 Å². The van der Waals surface area contributed by atoms with Gasteiger partial charge in [0.05, 0.1) is 12.1 Å². The van der Waals surface area contributed by atoms with Crippen molar-refractivity contribution in [2.24, 2.45) is 11.3 Å². The molecule has 0 aliphatic heterocycles. The molecule has 0 saturated carbocycles. The lowest BCUT2D eigenvalue weighted by atomic mass is 9.79. The summed E-state index contributed by atoms with van der Waals surface area (Å²) in [5.41, 5.74) is 0.855. The van der Waals surface area contributed by atoms with Crippen molar-refractivity contribution in [1.29, 1.82) is 0 Å². The van der Waals surface area contributed by atoms with Crippen LogP contribution in [0.4, 0.5) is 0 Å². The predicted molar refractivity (Wildman–Crippen MR) is 112 cm³/mol. The highest BCUT2D eigenvalue weighted by molar-refractivity contribution is 6.35. The van der Waals surface area contributed by atoms with Crippen molar-refractivity contribution in [3.8, 4) is 0 Å². The Bertz CT molecular complexity index is 698. The fourth-order valence-electron chi connectivity index (χ4n) is 3.48. The summed E-state index contributed by atoms with van der Waals surface area (Å²) in [6.45, 7) is 8.36. The summed E-state index contributed by atoms with van der Waals surface area (Å²) in [6, 6.07) is 5.57. The van der Waals surface area contributed by atoms with E-state index in [9.17, 15) is 5.11 Å². The summed E-state index contributed by atoms with van der Waals surface area (Å²) in [7, 11) is 0. The van der Waals surface area contributed by atoms with Gasteiger partial charge in [0.1, 0.15) is 12.7 Å². The molecule has 1 N–H and O–H groups in total. The average molecular weight is 412 g/mol. The molecule has 3 atom stereocenters. The Labute approximate surface area is 172 Å². The molecule has 150 valence electrons. The molecule has 0 fully saturated rings. The highest BCUT2D eigenvalue weighted by atomic mass is 35.5. The Morgan fingerprint density at radius 3 is 2.52 bits per heavy atom. The average Bonchev–Trinajstić information content (AvgIpc) is 3.12. The summed E-state index contributed by atoms with van der Waals surface area (Å²) in [6.07, 6.45) is 7.75. The van der Waals surface area contributed by atoms with Gasteiger partial charge in [-0.1, -0.05) is 76.2 Å². The van der Waals surface area contributed by atoms with Crippen molar-refractivity contribution in [3.05, 3.63) is 46.5 Å². The van der Waals surface area contributed by atoms with E-state index in [-0.39, 0.29) is 11.5 Å². The zero-order valence-electron chi connectivity index (χ0n) is 16.7. The monoisotopic (exact) mass is 411 g/mol. The van der Waals surface area contributed by atoms with Crippen LogP contribution in [0.15, 0.2) is 30.9 Å². The van der Waals surface area contributed by atoms with Crippen LogP contribution in [0.3, 0.4) is 0 Å². The fourth-order valence-corrected chi connectivity index (χ4v) is 3.97. The van der Waals surface area contributed by atoms with Gasteiger partial charge in [0.25, 0.3) is 0 Å². The molecule has 0 spiro atoms. The molecule has 1 aromatic carbocycles. The van der Waals surface area contributed by atoms with Crippen LogP contribution in [0.2, 0.25) is 10.0 Å². The number of nitrogens with zero attached hydrogens (tertiary/aromatic N) is 3. The smallest absolute Gasteiger partial charge is 0.137 e. The van der Waals surface area contributed by atoms with Gasteiger partial charge in [0.2, 0.25) is 0 Å². The van der Waals surface area contributed by atoms with E-state index in [0.29, 0.717) is 16.0 Å². The number of unbranched alkanes of at least 4 members (excludes halogenated alkanes) is 1. The first-order valence-electron chi connectivity index (χ1n) is 9.68. The maximum absolute atomic E-state index is 11.0. The zero-order valence-corrected chi connectivity index (χ0v) is 18.2. The molecule has 3 unspecified atom stereocenters. The second-order valence-electron chi connectivity index (χ2n) is 8.44.